The predicted molar refractivity (Wildman–Crippen MR) is 87.0 cm³/mol. The van der Waals surface area contributed by atoms with Crippen LogP contribution in [0.25, 0.3) is 0 Å². The maximum Gasteiger partial charge on any atom is 0.251 e. The zero-order chi connectivity index (χ0) is 14.8. The van der Waals surface area contributed by atoms with Crippen LogP contribution >= 0.6 is 15.9 Å². The minimum Gasteiger partial charge on any atom is -0.348 e. The molecule has 1 heterocycles. The molecule has 0 aromatic heterocycles. The van der Waals surface area contributed by atoms with E-state index < -0.39 is 0 Å². The summed E-state index contributed by atoms with van der Waals surface area (Å²) in [6, 6.07) is 12.1. The number of hydrogen-bond donors (Lipinski definition) is 2. The molecule has 0 spiro atoms. The van der Waals surface area contributed by atoms with Crippen LogP contribution in [-0.2, 0) is 19.6 Å². The van der Waals surface area contributed by atoms with Gasteiger partial charge in [0.05, 0.1) is 0 Å². The zero-order valence-corrected chi connectivity index (χ0v) is 13.5. The van der Waals surface area contributed by atoms with Crippen molar-refractivity contribution in [2.75, 3.05) is 0 Å². The molecule has 1 amide bonds. The Bertz CT molecular complexity index is 697. The van der Waals surface area contributed by atoms with Crippen molar-refractivity contribution >= 4 is 21.8 Å². The molecule has 0 bridgehead atoms. The largest absolute Gasteiger partial charge is 0.348 e. The highest BCUT2D eigenvalue weighted by Crippen LogP contribution is 2.18. The third-order valence-electron chi connectivity index (χ3n) is 3.79. The van der Waals surface area contributed by atoms with Gasteiger partial charge in [-0.3, -0.25) is 4.79 Å². The number of halogens is 1. The average Bonchev–Trinajstić information content (AvgIpc) is 2.92. The molecule has 108 valence electrons. The molecule has 0 unspecified atom stereocenters. The van der Waals surface area contributed by atoms with Gasteiger partial charge < -0.3 is 10.6 Å². The quantitative estimate of drug-likeness (QED) is 0.896. The van der Waals surface area contributed by atoms with E-state index in [1.807, 2.05) is 25.1 Å². The van der Waals surface area contributed by atoms with Crippen molar-refractivity contribution in [2.45, 2.75) is 26.6 Å². The van der Waals surface area contributed by atoms with E-state index in [1.54, 1.807) is 0 Å². The summed E-state index contributed by atoms with van der Waals surface area (Å²) in [6.07, 6.45) is 0. The van der Waals surface area contributed by atoms with Crippen molar-refractivity contribution in [3.8, 4) is 0 Å². The fourth-order valence-electron chi connectivity index (χ4n) is 2.62. The first kappa shape index (κ1) is 14.3. The molecule has 3 rings (SSSR count). The maximum atomic E-state index is 12.2. The lowest BCUT2D eigenvalue weighted by Crippen LogP contribution is -2.23. The van der Waals surface area contributed by atoms with Gasteiger partial charge in [0, 0.05) is 29.7 Å². The van der Waals surface area contributed by atoms with E-state index in [1.165, 1.54) is 11.1 Å². The molecule has 0 saturated heterocycles. The summed E-state index contributed by atoms with van der Waals surface area (Å²) in [6.45, 7) is 4.37. The molecule has 2 aromatic rings. The van der Waals surface area contributed by atoms with Gasteiger partial charge in [-0.2, -0.15) is 0 Å². The highest BCUT2D eigenvalue weighted by Gasteiger charge is 2.12. The van der Waals surface area contributed by atoms with Crippen LogP contribution in [0, 0.1) is 6.92 Å². The average molecular weight is 345 g/mol. The molecule has 3 nitrogen and oxygen atoms in total. The molecule has 2 N–H and O–H groups in total. The van der Waals surface area contributed by atoms with Gasteiger partial charge in [-0.15, -0.1) is 0 Å². The number of carbonyl (C=O) groups is 1. The zero-order valence-electron chi connectivity index (χ0n) is 11.9. The maximum absolute atomic E-state index is 12.2. The van der Waals surface area contributed by atoms with Crippen LogP contribution in [0.1, 0.15) is 32.6 Å². The first-order valence-electron chi connectivity index (χ1n) is 6.99. The van der Waals surface area contributed by atoms with E-state index in [9.17, 15) is 4.79 Å². The number of rotatable bonds is 3. The summed E-state index contributed by atoms with van der Waals surface area (Å²) in [5, 5.41) is 6.32. The molecule has 0 radical (unpaired) electrons. The van der Waals surface area contributed by atoms with E-state index in [4.69, 9.17) is 0 Å². The van der Waals surface area contributed by atoms with Crippen LogP contribution in [0.3, 0.4) is 0 Å². The van der Waals surface area contributed by atoms with Crippen molar-refractivity contribution in [2.24, 2.45) is 0 Å². The fraction of sp³-hybridized carbons (Fsp3) is 0.235. The Hall–Kier alpha value is -1.65. The molecule has 21 heavy (non-hydrogen) atoms. The molecule has 0 aliphatic carbocycles. The van der Waals surface area contributed by atoms with Crippen molar-refractivity contribution in [3.63, 3.8) is 0 Å². The molecular formula is C17H17BrN2O. The number of benzene rings is 2. The Kier molecular flexibility index (Phi) is 4.08. The smallest absolute Gasteiger partial charge is 0.251 e. The number of nitrogens with one attached hydrogen (secondary N) is 2. The summed E-state index contributed by atoms with van der Waals surface area (Å²) in [4.78, 5) is 12.2. The van der Waals surface area contributed by atoms with E-state index >= 15 is 0 Å². The van der Waals surface area contributed by atoms with Gasteiger partial charge in [-0.25, -0.2) is 0 Å². The van der Waals surface area contributed by atoms with Gasteiger partial charge in [-0.05, 0) is 47.4 Å². The molecule has 1 aliphatic rings. The lowest BCUT2D eigenvalue weighted by Gasteiger charge is -2.09. The number of aryl methyl sites for hydroxylation is 1. The number of carbonyl (C=O) groups excluding carboxylic acids is 1. The van der Waals surface area contributed by atoms with Gasteiger partial charge in [0.2, 0.25) is 0 Å². The molecule has 4 heteroatoms. The SMILES string of the molecule is Cc1cc(Br)ccc1C(=O)NCc1ccc2c(c1)CNC2. The third-order valence-corrected chi connectivity index (χ3v) is 4.28. The molecule has 0 saturated carbocycles. The second-order valence-corrected chi connectivity index (χ2v) is 6.26. The summed E-state index contributed by atoms with van der Waals surface area (Å²) < 4.78 is 0.989. The Morgan fingerprint density at radius 1 is 1.19 bits per heavy atom. The lowest BCUT2D eigenvalue weighted by atomic mass is 10.1. The van der Waals surface area contributed by atoms with Gasteiger partial charge >= 0.3 is 0 Å². The Morgan fingerprint density at radius 3 is 2.81 bits per heavy atom. The number of amides is 1. The third kappa shape index (κ3) is 3.17. The molecule has 0 atom stereocenters. The molecular weight excluding hydrogens is 328 g/mol. The van der Waals surface area contributed by atoms with E-state index in [0.717, 1.165) is 34.3 Å². The molecule has 1 aliphatic heterocycles. The first-order valence-corrected chi connectivity index (χ1v) is 7.78. The Balaban J connectivity index is 1.68. The van der Waals surface area contributed by atoms with E-state index in [-0.39, 0.29) is 5.91 Å². The topological polar surface area (TPSA) is 41.1 Å². The van der Waals surface area contributed by atoms with Crippen LogP contribution in [0.15, 0.2) is 40.9 Å². The van der Waals surface area contributed by atoms with E-state index in [0.29, 0.717) is 6.54 Å². The highest BCUT2D eigenvalue weighted by molar-refractivity contribution is 9.10. The van der Waals surface area contributed by atoms with Crippen molar-refractivity contribution in [1.29, 1.82) is 0 Å². The molecule has 0 fully saturated rings. The summed E-state index contributed by atoms with van der Waals surface area (Å²) in [5.41, 5.74) is 5.53. The van der Waals surface area contributed by atoms with Gasteiger partial charge in [0.25, 0.3) is 5.91 Å². The van der Waals surface area contributed by atoms with Crippen LogP contribution < -0.4 is 10.6 Å². The summed E-state index contributed by atoms with van der Waals surface area (Å²) >= 11 is 3.41. The first-order chi connectivity index (χ1) is 10.1. The normalized spacial score (nSPS) is 13.0. The monoisotopic (exact) mass is 344 g/mol. The van der Waals surface area contributed by atoms with E-state index in [2.05, 4.69) is 44.8 Å². The number of fused-ring (bicyclic) bond motifs is 1. The van der Waals surface area contributed by atoms with Crippen LogP contribution in [0.2, 0.25) is 0 Å². The highest BCUT2D eigenvalue weighted by atomic mass is 79.9. The van der Waals surface area contributed by atoms with Crippen LogP contribution in [-0.4, -0.2) is 5.91 Å². The van der Waals surface area contributed by atoms with Crippen molar-refractivity contribution < 1.29 is 4.79 Å². The van der Waals surface area contributed by atoms with Gasteiger partial charge in [0.15, 0.2) is 0 Å². The van der Waals surface area contributed by atoms with Crippen LogP contribution in [0.5, 0.6) is 0 Å². The minimum absolute atomic E-state index is 0.0291. The second kappa shape index (κ2) is 6.00. The minimum atomic E-state index is -0.0291. The van der Waals surface area contributed by atoms with Crippen molar-refractivity contribution in [3.05, 3.63) is 68.7 Å². The number of hydrogen-bond acceptors (Lipinski definition) is 2. The lowest BCUT2D eigenvalue weighted by molar-refractivity contribution is 0.0950. The summed E-state index contributed by atoms with van der Waals surface area (Å²) in [5.74, 6) is -0.0291. The Labute approximate surface area is 132 Å². The van der Waals surface area contributed by atoms with Gasteiger partial charge in [0.1, 0.15) is 0 Å². The second-order valence-electron chi connectivity index (χ2n) is 5.35. The van der Waals surface area contributed by atoms with Gasteiger partial charge in [-0.1, -0.05) is 34.1 Å². The standard InChI is InChI=1S/C17H17BrN2O/c1-11-6-15(18)4-5-16(11)17(21)20-8-12-2-3-13-9-19-10-14(13)7-12/h2-7,19H,8-10H2,1H3,(H,20,21). The van der Waals surface area contributed by atoms with Crippen molar-refractivity contribution in [1.82, 2.24) is 10.6 Å². The fourth-order valence-corrected chi connectivity index (χ4v) is 3.09. The van der Waals surface area contributed by atoms with Crippen LogP contribution in [0.4, 0.5) is 0 Å². The predicted octanol–water partition coefficient (Wildman–Crippen LogP) is 3.29. The Morgan fingerprint density at radius 2 is 2.00 bits per heavy atom. The summed E-state index contributed by atoms with van der Waals surface area (Å²) in [7, 11) is 0. The molecule has 2 aromatic carbocycles.